The van der Waals surface area contributed by atoms with Gasteiger partial charge < -0.3 is 25.3 Å². The lowest BCUT2D eigenvalue weighted by molar-refractivity contribution is -0.139. The average Bonchev–Trinajstić information content (AvgIpc) is 3.49. The van der Waals surface area contributed by atoms with E-state index in [4.69, 9.17) is 5.11 Å². The molecule has 0 bridgehead atoms. The van der Waals surface area contributed by atoms with Crippen LogP contribution in [0.2, 0.25) is 0 Å². The fourth-order valence-electron chi connectivity index (χ4n) is 5.24. The first-order valence-corrected chi connectivity index (χ1v) is 14.2. The number of anilines is 2. The lowest BCUT2D eigenvalue weighted by Crippen LogP contribution is -2.48. The van der Waals surface area contributed by atoms with Crippen LogP contribution in [0.1, 0.15) is 30.2 Å². The van der Waals surface area contributed by atoms with Gasteiger partial charge in [0.15, 0.2) is 5.60 Å². The van der Waals surface area contributed by atoms with Crippen molar-refractivity contribution in [2.45, 2.75) is 38.5 Å². The second-order valence-corrected chi connectivity index (χ2v) is 11.1. The van der Waals surface area contributed by atoms with Crippen molar-refractivity contribution in [2.24, 2.45) is 5.92 Å². The smallest absolute Gasteiger partial charge is 0.264 e. The fourth-order valence-corrected chi connectivity index (χ4v) is 5.60. The van der Waals surface area contributed by atoms with Gasteiger partial charge in [-0.2, -0.15) is 0 Å². The van der Waals surface area contributed by atoms with Crippen LogP contribution in [0.5, 0.6) is 0 Å². The summed E-state index contributed by atoms with van der Waals surface area (Å²) >= 11 is 3.50. The van der Waals surface area contributed by atoms with E-state index in [2.05, 4.69) is 31.6 Å². The van der Waals surface area contributed by atoms with E-state index in [-0.39, 0.29) is 18.4 Å². The third kappa shape index (κ3) is 5.60. The van der Waals surface area contributed by atoms with Gasteiger partial charge >= 0.3 is 0 Å². The van der Waals surface area contributed by atoms with Crippen LogP contribution < -0.4 is 15.1 Å². The first kappa shape index (κ1) is 28.2. The summed E-state index contributed by atoms with van der Waals surface area (Å²) < 4.78 is 2.50. The molecule has 0 saturated carbocycles. The molecular weight excluding hydrogens is 576 g/mol. The van der Waals surface area contributed by atoms with Crippen LogP contribution in [0, 0.1) is 5.92 Å². The first-order chi connectivity index (χ1) is 19.3. The van der Waals surface area contributed by atoms with Gasteiger partial charge in [-0.25, -0.2) is 0 Å². The monoisotopic (exact) mass is 608 g/mol. The van der Waals surface area contributed by atoms with Gasteiger partial charge in [-0.05, 0) is 42.3 Å². The summed E-state index contributed by atoms with van der Waals surface area (Å²) in [7, 11) is 0. The van der Waals surface area contributed by atoms with Crippen molar-refractivity contribution in [3.63, 3.8) is 0 Å². The van der Waals surface area contributed by atoms with Crippen LogP contribution in [-0.2, 0) is 34.7 Å². The Kier molecular flexibility index (Phi) is 8.46. The van der Waals surface area contributed by atoms with Crippen molar-refractivity contribution in [3.05, 3.63) is 82.1 Å². The Morgan fingerprint density at radius 1 is 1.20 bits per heavy atom. The maximum atomic E-state index is 13.8. The van der Waals surface area contributed by atoms with Crippen LogP contribution in [0.3, 0.4) is 0 Å². The summed E-state index contributed by atoms with van der Waals surface area (Å²) in [6.07, 6.45) is 6.74. The Labute approximate surface area is 241 Å². The maximum absolute atomic E-state index is 13.8. The lowest BCUT2D eigenvalue weighted by Gasteiger charge is -2.28. The molecule has 210 valence electrons. The summed E-state index contributed by atoms with van der Waals surface area (Å²) in [5, 5.41) is 32.1. The number of hydrogen-bond donors (Lipinski definition) is 3. The molecule has 3 heterocycles. The Bertz CT molecular complexity index is 1410. The fraction of sp³-hybridized carbons (Fsp3) is 0.379. The number of piperazine rings is 1. The molecule has 0 aliphatic carbocycles. The summed E-state index contributed by atoms with van der Waals surface area (Å²) in [5.74, 6) is -0.822. The molecule has 3 N–H and O–H groups in total. The third-order valence-electron chi connectivity index (χ3n) is 7.47. The number of carbonyl (C=O) groups is 2. The zero-order chi connectivity index (χ0) is 28.3. The van der Waals surface area contributed by atoms with Gasteiger partial charge in [0, 0.05) is 60.5 Å². The SMILES string of the molecule is C[C@H](/C=C/CCn1cc(CCO)nn1)[C@@]1(O)C(=O)N(Cc2ccc(N3CCNCC3=O)cc2)c2ccc(Br)cc21. The maximum Gasteiger partial charge on any atom is 0.264 e. The van der Waals surface area contributed by atoms with Gasteiger partial charge in [0.25, 0.3) is 5.91 Å². The number of aliphatic hydroxyl groups excluding tert-OH is 1. The van der Waals surface area contributed by atoms with Gasteiger partial charge in [0.05, 0.1) is 24.5 Å². The Morgan fingerprint density at radius 2 is 2.00 bits per heavy atom. The molecule has 0 spiro atoms. The van der Waals surface area contributed by atoms with Gasteiger partial charge in [-0.1, -0.05) is 52.4 Å². The van der Waals surface area contributed by atoms with Crippen LogP contribution in [0.25, 0.3) is 0 Å². The van der Waals surface area contributed by atoms with E-state index in [0.717, 1.165) is 28.0 Å². The number of aliphatic hydroxyl groups is 2. The van der Waals surface area contributed by atoms with E-state index in [1.54, 1.807) is 20.7 Å². The molecule has 3 aromatic rings. The topological polar surface area (TPSA) is 124 Å². The number of nitrogens with zero attached hydrogens (tertiary/aromatic N) is 5. The summed E-state index contributed by atoms with van der Waals surface area (Å²) in [6, 6.07) is 13.2. The number of nitrogens with one attached hydrogen (secondary N) is 1. The predicted molar refractivity (Wildman–Crippen MR) is 155 cm³/mol. The lowest BCUT2D eigenvalue weighted by atomic mass is 9.83. The third-order valence-corrected chi connectivity index (χ3v) is 7.97. The van der Waals surface area contributed by atoms with Crippen molar-refractivity contribution in [1.29, 1.82) is 0 Å². The standard InChI is InChI=1S/C29H33BrN6O4/c1-20(4-2-3-13-34-19-23(11-15-37)32-33-34)29(40)25-16-22(30)7-10-26(25)36(28(29)39)18-21-5-8-24(9-6-21)35-14-12-31-17-27(35)38/h2,4-10,16,19-20,31,37,40H,3,11-15,17-18H2,1H3/b4-2+/t20-,29+/m1/s1. The molecule has 1 aromatic heterocycles. The van der Waals surface area contributed by atoms with E-state index in [9.17, 15) is 14.7 Å². The van der Waals surface area contributed by atoms with E-state index in [0.29, 0.717) is 50.3 Å². The van der Waals surface area contributed by atoms with Crippen LogP contribution in [0.15, 0.2) is 65.3 Å². The van der Waals surface area contributed by atoms with E-state index in [1.807, 2.05) is 61.5 Å². The highest BCUT2D eigenvalue weighted by Gasteiger charge is 2.52. The molecule has 11 heteroatoms. The largest absolute Gasteiger partial charge is 0.396 e. The minimum atomic E-state index is -1.72. The number of hydrogen-bond acceptors (Lipinski definition) is 7. The molecule has 2 atom stereocenters. The molecule has 1 saturated heterocycles. The molecule has 10 nitrogen and oxygen atoms in total. The molecule has 5 rings (SSSR count). The summed E-state index contributed by atoms with van der Waals surface area (Å²) in [6.45, 7) is 4.46. The number of amides is 2. The quantitative estimate of drug-likeness (QED) is 0.302. The van der Waals surface area contributed by atoms with E-state index in [1.165, 1.54) is 0 Å². The van der Waals surface area contributed by atoms with Crippen molar-refractivity contribution in [2.75, 3.05) is 36.0 Å². The zero-order valence-electron chi connectivity index (χ0n) is 22.3. The molecule has 2 aliphatic rings. The number of aryl methyl sites for hydroxylation is 1. The summed E-state index contributed by atoms with van der Waals surface area (Å²) in [5.41, 5.74) is 1.99. The van der Waals surface area contributed by atoms with Gasteiger partial charge in [-0.15, -0.1) is 5.10 Å². The molecule has 2 aromatic carbocycles. The first-order valence-electron chi connectivity index (χ1n) is 13.4. The van der Waals surface area contributed by atoms with Crippen LogP contribution in [0.4, 0.5) is 11.4 Å². The molecular formula is C29H33BrN6O4. The van der Waals surface area contributed by atoms with Crippen LogP contribution >= 0.6 is 15.9 Å². The molecule has 1 fully saturated rings. The molecule has 40 heavy (non-hydrogen) atoms. The normalized spacial score (nSPS) is 20.0. The number of fused-ring (bicyclic) bond motifs is 1. The average molecular weight is 610 g/mol. The van der Waals surface area contributed by atoms with Gasteiger partial charge in [0.1, 0.15) is 0 Å². The predicted octanol–water partition coefficient (Wildman–Crippen LogP) is 2.53. The van der Waals surface area contributed by atoms with Crippen molar-refractivity contribution >= 4 is 39.1 Å². The van der Waals surface area contributed by atoms with Gasteiger partial charge in [0.2, 0.25) is 5.91 Å². The number of halogens is 1. The number of aromatic nitrogens is 3. The van der Waals surface area contributed by atoms with Crippen molar-refractivity contribution < 1.29 is 19.8 Å². The molecule has 2 amide bonds. The van der Waals surface area contributed by atoms with Crippen molar-refractivity contribution in [1.82, 2.24) is 20.3 Å². The van der Waals surface area contributed by atoms with Crippen LogP contribution in [-0.4, -0.2) is 63.3 Å². The zero-order valence-corrected chi connectivity index (χ0v) is 23.9. The van der Waals surface area contributed by atoms with E-state index < -0.39 is 11.5 Å². The highest BCUT2D eigenvalue weighted by Crippen LogP contribution is 2.46. The second kappa shape index (κ2) is 12.0. The number of allylic oxidation sites excluding steroid dienone is 1. The van der Waals surface area contributed by atoms with Crippen molar-refractivity contribution in [3.8, 4) is 0 Å². The highest BCUT2D eigenvalue weighted by molar-refractivity contribution is 9.10. The number of carbonyl (C=O) groups excluding carboxylic acids is 2. The molecule has 2 aliphatic heterocycles. The number of benzene rings is 2. The Hall–Kier alpha value is -3.38. The van der Waals surface area contributed by atoms with Gasteiger partial charge in [-0.3, -0.25) is 14.3 Å². The molecule has 0 radical (unpaired) electrons. The minimum absolute atomic E-state index is 0.0279. The Morgan fingerprint density at radius 3 is 2.75 bits per heavy atom. The minimum Gasteiger partial charge on any atom is -0.396 e. The number of rotatable bonds is 10. The molecule has 0 unspecified atom stereocenters. The summed E-state index contributed by atoms with van der Waals surface area (Å²) in [4.78, 5) is 29.5. The second-order valence-electron chi connectivity index (χ2n) is 10.2. The van der Waals surface area contributed by atoms with E-state index >= 15 is 0 Å². The highest BCUT2D eigenvalue weighted by atomic mass is 79.9. The Balaban J connectivity index is 1.31.